The molecule has 0 aromatic heterocycles. The summed E-state index contributed by atoms with van der Waals surface area (Å²) in [5.41, 5.74) is 5.37. The smallest absolute Gasteiger partial charge is 0.380 e. The molecule has 7 heteroatoms. The van der Waals surface area contributed by atoms with Gasteiger partial charge < -0.3 is 24.3 Å². The van der Waals surface area contributed by atoms with Crippen molar-refractivity contribution in [2.24, 2.45) is 5.73 Å². The third kappa shape index (κ3) is 6.41. The third-order valence-corrected chi connectivity index (χ3v) is 11.2. The van der Waals surface area contributed by atoms with Crippen molar-refractivity contribution in [3.63, 3.8) is 0 Å². The van der Waals surface area contributed by atoms with Gasteiger partial charge in [0.25, 0.3) is 0 Å². The summed E-state index contributed by atoms with van der Waals surface area (Å²) in [5.74, 6) is 0. The van der Waals surface area contributed by atoms with Crippen molar-refractivity contribution in [1.82, 2.24) is 5.32 Å². The Bertz CT molecular complexity index is 140. The second-order valence-electron chi connectivity index (χ2n) is 3.29. The molecule has 0 aliphatic rings. The molecule has 0 radical (unpaired) electrons. The molecule has 3 N–H and O–H groups in total. The Morgan fingerprint density at radius 2 is 1.73 bits per heavy atom. The van der Waals surface area contributed by atoms with E-state index in [-0.39, 0.29) is 0 Å². The van der Waals surface area contributed by atoms with Crippen molar-refractivity contribution in [1.29, 1.82) is 0 Å². The highest BCUT2D eigenvalue weighted by Gasteiger charge is 2.36. The van der Waals surface area contributed by atoms with Crippen molar-refractivity contribution < 1.29 is 13.3 Å². The number of hydrogen-bond donors (Lipinski definition) is 2. The van der Waals surface area contributed by atoms with E-state index in [1.807, 2.05) is 0 Å². The Labute approximate surface area is 95.6 Å². The van der Waals surface area contributed by atoms with Gasteiger partial charge in [-0.2, -0.15) is 0 Å². The molecule has 0 saturated heterocycles. The summed E-state index contributed by atoms with van der Waals surface area (Å²) in [6, 6.07) is 1.18. The summed E-state index contributed by atoms with van der Waals surface area (Å²) < 4.78 is 16.1. The van der Waals surface area contributed by atoms with Crippen molar-refractivity contribution in [2.75, 3.05) is 41.0 Å². The normalized spacial score (nSPS) is 12.8. The number of rotatable bonds is 10. The summed E-state index contributed by atoms with van der Waals surface area (Å²) in [5, 5.41) is 3.27. The molecule has 5 nitrogen and oxygen atoms in total. The van der Waals surface area contributed by atoms with Gasteiger partial charge in [0.05, 0.1) is 0 Å². The quantitative estimate of drug-likeness (QED) is 0.381. The Morgan fingerprint density at radius 3 is 2.20 bits per heavy atom. The lowest BCUT2D eigenvalue weighted by atomic mass is 10.5. The van der Waals surface area contributed by atoms with Crippen LogP contribution in [0.4, 0.5) is 0 Å². The topological polar surface area (TPSA) is 65.7 Å². The molecule has 0 saturated carbocycles. The van der Waals surface area contributed by atoms with Gasteiger partial charge in [-0.1, -0.05) is 6.04 Å². The molecule has 0 atom stereocenters. The molecule has 0 bridgehead atoms. The van der Waals surface area contributed by atoms with Crippen LogP contribution in [0.15, 0.2) is 0 Å². The lowest BCUT2D eigenvalue weighted by Gasteiger charge is -2.24. The van der Waals surface area contributed by atoms with Crippen LogP contribution in [0.3, 0.4) is 0 Å². The van der Waals surface area contributed by atoms with Crippen LogP contribution in [0.1, 0.15) is 6.42 Å². The van der Waals surface area contributed by atoms with E-state index in [1.54, 1.807) is 21.3 Å². The summed E-state index contributed by atoms with van der Waals surface area (Å²) in [4.78, 5) is 0. The van der Waals surface area contributed by atoms with Gasteiger partial charge in [0.2, 0.25) is 0 Å². The van der Waals surface area contributed by atoms with E-state index in [1.165, 1.54) is 6.04 Å². The predicted molar refractivity (Wildman–Crippen MR) is 66.7 cm³/mol. The van der Waals surface area contributed by atoms with Crippen LogP contribution in [0.5, 0.6) is 0 Å². The van der Waals surface area contributed by atoms with Gasteiger partial charge in [0.15, 0.2) is 0 Å². The highest BCUT2D eigenvalue weighted by Crippen LogP contribution is 2.06. The number of nitrogens with two attached hydrogens (primary N) is 1. The van der Waals surface area contributed by atoms with Gasteiger partial charge in [-0.05, 0) is 13.0 Å². The van der Waals surface area contributed by atoms with E-state index in [4.69, 9.17) is 19.0 Å². The molecule has 0 aliphatic heterocycles. The van der Waals surface area contributed by atoms with Crippen LogP contribution in [0.2, 0.25) is 6.04 Å². The summed E-state index contributed by atoms with van der Waals surface area (Å²) in [7, 11) is 2.42. The molecule has 0 aromatic rings. The average molecular weight is 252 g/mol. The summed E-state index contributed by atoms with van der Waals surface area (Å²) in [6.07, 6.45) is 1.15. The molecule has 0 spiro atoms. The van der Waals surface area contributed by atoms with Crippen LogP contribution >= 0.6 is 0 Å². The maximum absolute atomic E-state index is 5.38. The molecule has 92 valence electrons. The van der Waals surface area contributed by atoms with Gasteiger partial charge in [-0.25, -0.2) is 0 Å². The zero-order valence-electron chi connectivity index (χ0n) is 10.0. The third-order valence-electron chi connectivity index (χ3n) is 2.34. The molecular formula is C8H24N2O3Si2. The Hall–Kier alpha value is 0.234. The Kier molecular flexibility index (Phi) is 9.61. The molecule has 0 heterocycles. The molecule has 0 amide bonds. The second-order valence-corrected chi connectivity index (χ2v) is 11.2. The highest BCUT2D eigenvalue weighted by atomic mass is 29.2. The lowest BCUT2D eigenvalue weighted by molar-refractivity contribution is 0.148. The van der Waals surface area contributed by atoms with E-state index in [2.05, 4.69) is 5.32 Å². The van der Waals surface area contributed by atoms with E-state index >= 15 is 0 Å². The molecule has 0 unspecified atom stereocenters. The number of hydrogen-bond acceptors (Lipinski definition) is 5. The zero-order chi connectivity index (χ0) is 11.6. The average Bonchev–Trinajstić information content (AvgIpc) is 2.29. The van der Waals surface area contributed by atoms with Gasteiger partial charge in [0.1, 0.15) is 9.04 Å². The first-order valence-corrected chi connectivity index (χ1v) is 10.4. The highest BCUT2D eigenvalue weighted by molar-refractivity contribution is 7.14. The van der Waals surface area contributed by atoms with Crippen LogP contribution < -0.4 is 11.1 Å². The van der Waals surface area contributed by atoms with E-state index in [9.17, 15) is 0 Å². The van der Waals surface area contributed by atoms with Crippen molar-refractivity contribution in [3.8, 4) is 0 Å². The molecule has 15 heavy (non-hydrogen) atoms. The SMILES string of the molecule is CO[Si](OC)(OC)[SiH2]CCCNCCN. The lowest BCUT2D eigenvalue weighted by Crippen LogP contribution is -2.49. The Morgan fingerprint density at radius 1 is 1.13 bits per heavy atom. The largest absolute Gasteiger partial charge is 0.461 e. The van der Waals surface area contributed by atoms with Gasteiger partial charge in [-0.3, -0.25) is 0 Å². The fraction of sp³-hybridized carbons (Fsp3) is 1.00. The first-order valence-electron chi connectivity index (χ1n) is 5.31. The minimum absolute atomic E-state index is 0.415. The predicted octanol–water partition coefficient (Wildman–Crippen LogP) is -1.11. The minimum Gasteiger partial charge on any atom is -0.380 e. The first kappa shape index (κ1) is 15.2. The van der Waals surface area contributed by atoms with Crippen molar-refractivity contribution >= 4 is 17.4 Å². The second kappa shape index (κ2) is 9.46. The van der Waals surface area contributed by atoms with Crippen LogP contribution in [-0.2, 0) is 13.3 Å². The fourth-order valence-electron chi connectivity index (χ4n) is 1.37. The molecule has 0 aromatic carbocycles. The molecule has 0 rings (SSSR count). The van der Waals surface area contributed by atoms with Crippen LogP contribution in [-0.4, -0.2) is 58.3 Å². The maximum Gasteiger partial charge on any atom is 0.461 e. The van der Waals surface area contributed by atoms with E-state index < -0.39 is 17.4 Å². The maximum atomic E-state index is 5.38. The Balaban J connectivity index is 3.54. The molecule has 0 fully saturated rings. The van der Waals surface area contributed by atoms with Gasteiger partial charge >= 0.3 is 8.32 Å². The van der Waals surface area contributed by atoms with E-state index in [0.29, 0.717) is 6.54 Å². The standard InChI is InChI=1S/C8H24N2O3Si2/c1-11-15(12-2,13-3)14-8-4-6-10-7-5-9/h10H,4-9,14H2,1-3H3. The minimum atomic E-state index is -2.20. The van der Waals surface area contributed by atoms with Crippen LogP contribution in [0.25, 0.3) is 0 Å². The van der Waals surface area contributed by atoms with Gasteiger partial charge in [0, 0.05) is 34.4 Å². The monoisotopic (exact) mass is 252 g/mol. The molecule has 0 aliphatic carbocycles. The van der Waals surface area contributed by atoms with E-state index in [0.717, 1.165) is 19.5 Å². The molecular weight excluding hydrogens is 228 g/mol. The summed E-state index contributed by atoms with van der Waals surface area (Å²) >= 11 is 0. The zero-order valence-corrected chi connectivity index (χ0v) is 12.5. The number of nitrogens with one attached hydrogen (secondary N) is 1. The fourth-order valence-corrected chi connectivity index (χ4v) is 7.31. The summed E-state index contributed by atoms with van der Waals surface area (Å²) in [6.45, 7) is 2.61. The van der Waals surface area contributed by atoms with Crippen LogP contribution in [0, 0.1) is 0 Å². The first-order chi connectivity index (χ1) is 7.24. The van der Waals surface area contributed by atoms with Crippen molar-refractivity contribution in [2.45, 2.75) is 12.5 Å². The van der Waals surface area contributed by atoms with Gasteiger partial charge in [-0.15, -0.1) is 0 Å². The van der Waals surface area contributed by atoms with Crippen molar-refractivity contribution in [3.05, 3.63) is 0 Å².